The van der Waals surface area contributed by atoms with Crippen LogP contribution >= 0.6 is 27.5 Å². The lowest BCUT2D eigenvalue weighted by Crippen LogP contribution is -2.20. The molecule has 0 atom stereocenters. The summed E-state index contributed by atoms with van der Waals surface area (Å²) in [6, 6.07) is 17.4. The zero-order valence-electron chi connectivity index (χ0n) is 17.1. The van der Waals surface area contributed by atoms with Crippen molar-refractivity contribution in [1.82, 2.24) is 9.66 Å². The molecule has 0 aliphatic heterocycles. The summed E-state index contributed by atoms with van der Waals surface area (Å²) in [7, 11) is 1.58. The van der Waals surface area contributed by atoms with E-state index in [-0.39, 0.29) is 22.2 Å². The summed E-state index contributed by atoms with van der Waals surface area (Å²) in [5.74, 6) is 1.16. The van der Waals surface area contributed by atoms with Gasteiger partial charge in [-0.15, -0.1) is 0 Å². The molecular formula is C24H15BrClN3O4. The highest BCUT2D eigenvalue weighted by atomic mass is 79.9. The Labute approximate surface area is 200 Å². The first kappa shape index (κ1) is 21.2. The first-order chi connectivity index (χ1) is 16.0. The molecule has 0 fully saturated rings. The zero-order chi connectivity index (χ0) is 23.1. The number of aromatic hydroxyl groups is 1. The number of nitrogens with zero attached hydrogens (tertiary/aromatic N) is 3. The fourth-order valence-corrected chi connectivity index (χ4v) is 4.32. The van der Waals surface area contributed by atoms with Crippen molar-refractivity contribution < 1.29 is 14.3 Å². The number of hydrogen-bond acceptors (Lipinski definition) is 6. The van der Waals surface area contributed by atoms with Gasteiger partial charge in [0, 0.05) is 0 Å². The second-order valence-corrected chi connectivity index (χ2v) is 8.39. The Morgan fingerprint density at radius 1 is 1.15 bits per heavy atom. The van der Waals surface area contributed by atoms with Gasteiger partial charge < -0.3 is 14.3 Å². The lowest BCUT2D eigenvalue weighted by molar-refractivity contribution is 0.419. The van der Waals surface area contributed by atoms with Crippen LogP contribution < -0.4 is 10.3 Å². The number of methoxy groups -OCH3 is 1. The number of aromatic nitrogens is 2. The highest BCUT2D eigenvalue weighted by molar-refractivity contribution is 9.10. The van der Waals surface area contributed by atoms with Gasteiger partial charge in [0.1, 0.15) is 17.1 Å². The minimum Gasteiger partial charge on any atom is -0.505 e. The van der Waals surface area contributed by atoms with Gasteiger partial charge in [0.25, 0.3) is 5.56 Å². The quantitative estimate of drug-likeness (QED) is 0.299. The highest BCUT2D eigenvalue weighted by Gasteiger charge is 2.18. The van der Waals surface area contributed by atoms with Gasteiger partial charge in [0.15, 0.2) is 5.76 Å². The molecule has 0 saturated carbocycles. The van der Waals surface area contributed by atoms with Crippen LogP contribution in [0.5, 0.6) is 11.5 Å². The smallest absolute Gasteiger partial charge is 0.282 e. The van der Waals surface area contributed by atoms with Crippen LogP contribution in [0.2, 0.25) is 5.02 Å². The van der Waals surface area contributed by atoms with E-state index in [1.165, 1.54) is 17.0 Å². The summed E-state index contributed by atoms with van der Waals surface area (Å²) in [5.41, 5.74) is 1.33. The van der Waals surface area contributed by atoms with Gasteiger partial charge in [-0.2, -0.15) is 9.78 Å². The van der Waals surface area contributed by atoms with Crippen LogP contribution in [-0.4, -0.2) is 28.1 Å². The van der Waals surface area contributed by atoms with E-state index in [1.54, 1.807) is 37.4 Å². The Kier molecular flexibility index (Phi) is 5.39. The third-order valence-corrected chi connectivity index (χ3v) is 5.97. The summed E-state index contributed by atoms with van der Waals surface area (Å²) in [6.07, 6.45) is 1.46. The molecule has 0 unspecified atom stereocenters. The van der Waals surface area contributed by atoms with Crippen molar-refractivity contribution in [2.45, 2.75) is 0 Å². The fourth-order valence-electron chi connectivity index (χ4n) is 3.50. The largest absolute Gasteiger partial charge is 0.505 e. The predicted molar refractivity (Wildman–Crippen MR) is 132 cm³/mol. The van der Waals surface area contributed by atoms with Crippen molar-refractivity contribution in [3.63, 3.8) is 0 Å². The molecule has 5 aromatic rings. The monoisotopic (exact) mass is 523 g/mol. The first-order valence-electron chi connectivity index (χ1n) is 9.77. The molecule has 0 aliphatic rings. The summed E-state index contributed by atoms with van der Waals surface area (Å²) < 4.78 is 13.0. The standard InChI is InChI=1S/C24H15BrClN3O4/c1-32-19-7-4-8-20-15(19)11-21(33-20)23-28-18-6-3-2-5-14(18)24(31)29(23)27-12-13-9-16(25)22(30)17(26)10-13/h2-12,30H,1H3. The molecular weight excluding hydrogens is 510 g/mol. The van der Waals surface area contributed by atoms with E-state index in [0.717, 1.165) is 5.39 Å². The third kappa shape index (κ3) is 3.77. The fraction of sp³-hybridized carbons (Fsp3) is 0.0417. The number of benzene rings is 3. The predicted octanol–water partition coefficient (Wildman–Crippen LogP) is 5.82. The normalized spacial score (nSPS) is 11.6. The van der Waals surface area contributed by atoms with Crippen LogP contribution in [-0.2, 0) is 0 Å². The summed E-state index contributed by atoms with van der Waals surface area (Å²) in [4.78, 5) is 18.0. The van der Waals surface area contributed by atoms with E-state index >= 15 is 0 Å². The number of hydrogen-bond donors (Lipinski definition) is 1. The van der Waals surface area contributed by atoms with Gasteiger partial charge in [-0.25, -0.2) is 4.98 Å². The molecule has 2 aromatic heterocycles. The molecule has 1 N–H and O–H groups in total. The van der Waals surface area contributed by atoms with E-state index in [2.05, 4.69) is 26.0 Å². The number of fused-ring (bicyclic) bond motifs is 2. The SMILES string of the molecule is COc1cccc2oc(-c3nc4ccccc4c(=O)n3N=Cc3cc(Cl)c(O)c(Br)c3)cc12. The average Bonchev–Trinajstić information content (AvgIpc) is 3.26. The van der Waals surface area contributed by atoms with Crippen LogP contribution in [0.3, 0.4) is 0 Å². The van der Waals surface area contributed by atoms with Crippen molar-refractivity contribution in [2.24, 2.45) is 5.10 Å². The van der Waals surface area contributed by atoms with Gasteiger partial charge in [-0.05, 0) is 64.0 Å². The summed E-state index contributed by atoms with van der Waals surface area (Å²) in [5, 5.41) is 15.6. The second kappa shape index (κ2) is 8.38. The molecule has 0 aliphatic carbocycles. The Balaban J connectivity index is 1.74. The summed E-state index contributed by atoms with van der Waals surface area (Å²) >= 11 is 9.31. The molecule has 0 spiro atoms. The maximum atomic E-state index is 13.3. The van der Waals surface area contributed by atoms with Crippen LogP contribution in [0.4, 0.5) is 0 Å². The Morgan fingerprint density at radius 3 is 2.76 bits per heavy atom. The summed E-state index contributed by atoms with van der Waals surface area (Å²) in [6.45, 7) is 0. The van der Waals surface area contributed by atoms with Crippen molar-refractivity contribution in [3.05, 3.63) is 86.1 Å². The van der Waals surface area contributed by atoms with Crippen molar-refractivity contribution in [1.29, 1.82) is 0 Å². The number of phenolic OH excluding ortho intramolecular Hbond substituents is 1. The Bertz CT molecular complexity index is 1600. The zero-order valence-corrected chi connectivity index (χ0v) is 19.5. The number of rotatable bonds is 4. The molecule has 33 heavy (non-hydrogen) atoms. The molecule has 0 radical (unpaired) electrons. The minimum absolute atomic E-state index is 0.0738. The number of phenols is 1. The van der Waals surface area contributed by atoms with Gasteiger partial charge in [-0.1, -0.05) is 29.8 Å². The molecule has 9 heteroatoms. The van der Waals surface area contributed by atoms with E-state index in [1.807, 2.05) is 24.3 Å². The number of halogens is 2. The highest BCUT2D eigenvalue weighted by Crippen LogP contribution is 2.34. The van der Waals surface area contributed by atoms with E-state index in [0.29, 0.717) is 38.0 Å². The molecule has 0 bridgehead atoms. The topological polar surface area (TPSA) is 89.9 Å². The number of furan rings is 1. The molecule has 3 aromatic carbocycles. The van der Waals surface area contributed by atoms with E-state index < -0.39 is 0 Å². The van der Waals surface area contributed by atoms with Gasteiger partial charge in [0.05, 0.1) is 39.1 Å². The molecule has 0 amide bonds. The number of para-hydroxylation sites is 1. The Morgan fingerprint density at radius 2 is 1.97 bits per heavy atom. The maximum absolute atomic E-state index is 13.3. The minimum atomic E-state index is -0.358. The molecule has 164 valence electrons. The van der Waals surface area contributed by atoms with Crippen molar-refractivity contribution in [3.8, 4) is 23.1 Å². The maximum Gasteiger partial charge on any atom is 0.282 e. The average molecular weight is 525 g/mol. The molecule has 7 nitrogen and oxygen atoms in total. The van der Waals surface area contributed by atoms with E-state index in [9.17, 15) is 9.90 Å². The van der Waals surface area contributed by atoms with Gasteiger partial charge in [-0.3, -0.25) is 4.79 Å². The molecule has 5 rings (SSSR count). The second-order valence-electron chi connectivity index (χ2n) is 7.13. The van der Waals surface area contributed by atoms with Crippen molar-refractivity contribution in [2.75, 3.05) is 7.11 Å². The van der Waals surface area contributed by atoms with Crippen LogP contribution in [0, 0.1) is 0 Å². The number of ether oxygens (including phenoxy) is 1. The Hall–Kier alpha value is -3.62. The lowest BCUT2D eigenvalue weighted by atomic mass is 10.2. The van der Waals surface area contributed by atoms with Gasteiger partial charge in [0.2, 0.25) is 5.82 Å². The molecule has 2 heterocycles. The van der Waals surface area contributed by atoms with Crippen LogP contribution in [0.25, 0.3) is 33.5 Å². The molecule has 0 saturated heterocycles. The lowest BCUT2D eigenvalue weighted by Gasteiger charge is -2.07. The van der Waals surface area contributed by atoms with E-state index in [4.69, 9.17) is 20.8 Å². The van der Waals surface area contributed by atoms with Gasteiger partial charge >= 0.3 is 0 Å². The van der Waals surface area contributed by atoms with Crippen LogP contribution in [0.1, 0.15) is 5.56 Å². The van der Waals surface area contributed by atoms with Crippen molar-refractivity contribution >= 4 is 55.6 Å². The van der Waals surface area contributed by atoms with Crippen LogP contribution in [0.15, 0.2) is 79.4 Å². The third-order valence-electron chi connectivity index (χ3n) is 5.08. The first-order valence-corrected chi connectivity index (χ1v) is 10.9.